The minimum Gasteiger partial charge on any atom is -0.369 e. The molecule has 0 radical (unpaired) electrons. The topological polar surface area (TPSA) is 42.1 Å². The van der Waals surface area contributed by atoms with Crippen LogP contribution in [0, 0.1) is 18.6 Å². The summed E-state index contributed by atoms with van der Waals surface area (Å²) >= 11 is 5.66. The van der Waals surface area contributed by atoms with Gasteiger partial charge in [-0.3, -0.25) is 4.90 Å². The summed E-state index contributed by atoms with van der Waals surface area (Å²) in [6.45, 7) is 8.79. The molecule has 0 atom stereocenters. The van der Waals surface area contributed by atoms with Crippen LogP contribution < -0.4 is 4.90 Å². The maximum Gasteiger partial charge on any atom is 0.221 e. The van der Waals surface area contributed by atoms with Crippen molar-refractivity contribution in [3.8, 4) is 5.69 Å². The van der Waals surface area contributed by atoms with E-state index < -0.39 is 0 Å². The first-order valence-corrected chi connectivity index (χ1v) is 9.66. The molecule has 1 saturated heterocycles. The van der Waals surface area contributed by atoms with Gasteiger partial charge in [-0.15, -0.1) is 0 Å². The van der Waals surface area contributed by atoms with Crippen molar-refractivity contribution in [2.75, 3.05) is 31.1 Å². The van der Waals surface area contributed by atoms with E-state index in [2.05, 4.69) is 82.6 Å². The number of rotatable bonds is 4. The zero-order chi connectivity index (χ0) is 18.8. The summed E-state index contributed by atoms with van der Waals surface area (Å²) in [5, 5.41) is 8.64. The van der Waals surface area contributed by atoms with Crippen molar-refractivity contribution in [1.82, 2.24) is 24.7 Å². The molecule has 2 heterocycles. The molecular weight excluding hydrogens is 356 g/mol. The molecule has 0 aliphatic carbocycles. The number of aryl methyl sites for hydroxylation is 2. The molecule has 1 aliphatic rings. The van der Waals surface area contributed by atoms with E-state index in [9.17, 15) is 0 Å². The molecule has 1 fully saturated rings. The van der Waals surface area contributed by atoms with Crippen molar-refractivity contribution in [2.45, 2.75) is 20.5 Å². The second-order valence-corrected chi connectivity index (χ2v) is 7.36. The fraction of sp³-hybridized carbons (Fsp3) is 0.350. The monoisotopic (exact) mass is 380 g/mol. The predicted molar refractivity (Wildman–Crippen MR) is 110 cm³/mol. The van der Waals surface area contributed by atoms with Gasteiger partial charge >= 0.3 is 0 Å². The third kappa shape index (κ3) is 3.65. The smallest absolute Gasteiger partial charge is 0.221 e. The molecule has 0 saturated carbocycles. The molecule has 0 unspecified atom stereocenters. The second kappa shape index (κ2) is 7.62. The molecule has 4 rings (SSSR count). The lowest BCUT2D eigenvalue weighted by Crippen LogP contribution is -2.47. The van der Waals surface area contributed by atoms with Crippen molar-refractivity contribution in [3.05, 3.63) is 64.4 Å². The van der Waals surface area contributed by atoms with Crippen LogP contribution in [0.5, 0.6) is 0 Å². The number of hydrogen-bond acceptors (Lipinski definition) is 5. The number of hydrogen-bond donors (Lipinski definition) is 0. The molecule has 7 heteroatoms. The molecule has 0 bridgehead atoms. The highest BCUT2D eigenvalue weighted by molar-refractivity contribution is 7.71. The average Bonchev–Trinajstić information content (AvgIpc) is 3.03. The largest absolute Gasteiger partial charge is 0.369 e. The van der Waals surface area contributed by atoms with Crippen molar-refractivity contribution < 1.29 is 0 Å². The predicted octanol–water partition coefficient (Wildman–Crippen LogP) is 3.19. The molecule has 140 valence electrons. The number of nitrogens with zero attached hydrogens (tertiary/aromatic N) is 6. The number of piperazine rings is 1. The van der Waals surface area contributed by atoms with Crippen LogP contribution in [0.3, 0.4) is 0 Å². The van der Waals surface area contributed by atoms with Gasteiger partial charge in [-0.2, -0.15) is 4.68 Å². The van der Waals surface area contributed by atoms with Crippen molar-refractivity contribution in [1.29, 1.82) is 0 Å². The van der Waals surface area contributed by atoms with Crippen LogP contribution in [0.15, 0.2) is 48.5 Å². The number of benzene rings is 2. The molecule has 2 aromatic carbocycles. The number of anilines is 1. The van der Waals surface area contributed by atoms with Gasteiger partial charge in [0.25, 0.3) is 0 Å². The summed E-state index contributed by atoms with van der Waals surface area (Å²) in [4.78, 5) is 4.79. The van der Waals surface area contributed by atoms with Gasteiger partial charge in [0, 0.05) is 31.9 Å². The van der Waals surface area contributed by atoms with E-state index in [0.717, 1.165) is 43.0 Å². The number of aromatic nitrogens is 4. The molecule has 0 amide bonds. The van der Waals surface area contributed by atoms with E-state index in [0.29, 0.717) is 11.4 Å². The maximum atomic E-state index is 5.66. The van der Waals surface area contributed by atoms with Gasteiger partial charge in [0.05, 0.1) is 12.4 Å². The molecule has 6 nitrogen and oxygen atoms in total. The van der Waals surface area contributed by atoms with Crippen LogP contribution in [-0.4, -0.2) is 50.9 Å². The lowest BCUT2D eigenvalue weighted by Gasteiger charge is -2.35. The molecule has 27 heavy (non-hydrogen) atoms. The van der Waals surface area contributed by atoms with E-state index in [-0.39, 0.29) is 0 Å². The SMILES string of the molecule is Cc1cccc(C)c1-n1nnn(CN2CCN(c3ccccc3)CC2)c1=S. The zero-order valence-corrected chi connectivity index (χ0v) is 16.6. The van der Waals surface area contributed by atoms with Crippen molar-refractivity contribution >= 4 is 17.9 Å². The van der Waals surface area contributed by atoms with Crippen molar-refractivity contribution in [2.24, 2.45) is 0 Å². The van der Waals surface area contributed by atoms with Crippen LogP contribution in [0.25, 0.3) is 5.69 Å². The Morgan fingerprint density at radius 1 is 0.852 bits per heavy atom. The van der Waals surface area contributed by atoms with E-state index in [1.807, 2.05) is 4.68 Å². The van der Waals surface area contributed by atoms with Gasteiger partial charge in [0.1, 0.15) is 0 Å². The van der Waals surface area contributed by atoms with E-state index in [4.69, 9.17) is 12.2 Å². The quantitative estimate of drug-likeness (QED) is 0.650. The van der Waals surface area contributed by atoms with Crippen LogP contribution in [-0.2, 0) is 6.67 Å². The highest BCUT2D eigenvalue weighted by Crippen LogP contribution is 2.19. The number of para-hydroxylation sites is 2. The summed E-state index contributed by atoms with van der Waals surface area (Å²) in [6, 6.07) is 16.8. The summed E-state index contributed by atoms with van der Waals surface area (Å²) in [5.41, 5.74) is 4.61. The zero-order valence-electron chi connectivity index (χ0n) is 15.7. The van der Waals surface area contributed by atoms with Gasteiger partial charge in [0.15, 0.2) is 0 Å². The lowest BCUT2D eigenvalue weighted by atomic mass is 10.1. The first-order chi connectivity index (χ1) is 13.1. The standard InChI is InChI=1S/C20H24N6S/c1-16-7-6-8-17(2)19(16)26-20(27)25(21-22-26)15-23-11-13-24(14-12-23)18-9-4-3-5-10-18/h3-10H,11-15H2,1-2H3. The van der Waals surface area contributed by atoms with Crippen LogP contribution in [0.4, 0.5) is 5.69 Å². The Labute approximate surface area is 164 Å². The normalized spacial score (nSPS) is 15.3. The maximum absolute atomic E-state index is 5.66. The Morgan fingerprint density at radius 2 is 1.52 bits per heavy atom. The van der Waals surface area contributed by atoms with E-state index in [1.54, 1.807) is 4.68 Å². The van der Waals surface area contributed by atoms with Gasteiger partial charge in [-0.1, -0.05) is 36.4 Å². The van der Waals surface area contributed by atoms with Gasteiger partial charge in [-0.25, -0.2) is 4.68 Å². The molecule has 0 N–H and O–H groups in total. The van der Waals surface area contributed by atoms with Crippen LogP contribution in [0.1, 0.15) is 11.1 Å². The second-order valence-electron chi connectivity index (χ2n) is 7.00. The lowest BCUT2D eigenvalue weighted by molar-refractivity contribution is 0.193. The van der Waals surface area contributed by atoms with Crippen LogP contribution >= 0.6 is 12.2 Å². The molecule has 1 aliphatic heterocycles. The Hall–Kier alpha value is -2.51. The van der Waals surface area contributed by atoms with E-state index >= 15 is 0 Å². The third-order valence-corrected chi connectivity index (χ3v) is 5.50. The third-order valence-electron chi connectivity index (χ3n) is 5.12. The molecular formula is C20H24N6S. The van der Waals surface area contributed by atoms with Gasteiger partial charge < -0.3 is 4.90 Å². The Bertz CT molecular complexity index is 949. The Morgan fingerprint density at radius 3 is 2.19 bits per heavy atom. The minimum atomic E-state index is 0.637. The summed E-state index contributed by atoms with van der Waals surface area (Å²) in [5.74, 6) is 0. The highest BCUT2D eigenvalue weighted by atomic mass is 32.1. The van der Waals surface area contributed by atoms with Gasteiger partial charge in [-0.05, 0) is 59.8 Å². The fourth-order valence-electron chi connectivity index (χ4n) is 3.62. The minimum absolute atomic E-state index is 0.637. The Balaban J connectivity index is 1.46. The summed E-state index contributed by atoms with van der Waals surface area (Å²) in [6.07, 6.45) is 0. The molecule has 0 spiro atoms. The number of tetrazole rings is 1. The first kappa shape index (κ1) is 17.9. The highest BCUT2D eigenvalue weighted by Gasteiger charge is 2.19. The van der Waals surface area contributed by atoms with Crippen LogP contribution in [0.2, 0.25) is 0 Å². The fourth-order valence-corrected chi connectivity index (χ4v) is 3.84. The summed E-state index contributed by atoms with van der Waals surface area (Å²) in [7, 11) is 0. The van der Waals surface area contributed by atoms with Gasteiger partial charge in [0.2, 0.25) is 4.77 Å². The van der Waals surface area contributed by atoms with E-state index in [1.165, 1.54) is 5.69 Å². The summed E-state index contributed by atoms with van der Waals surface area (Å²) < 4.78 is 4.23. The molecule has 1 aromatic heterocycles. The Kier molecular flexibility index (Phi) is 5.05. The first-order valence-electron chi connectivity index (χ1n) is 9.25. The average molecular weight is 381 g/mol. The van der Waals surface area contributed by atoms with Crippen molar-refractivity contribution in [3.63, 3.8) is 0 Å². The molecule has 3 aromatic rings.